The Morgan fingerprint density at radius 1 is 0.634 bits per heavy atom. The Bertz CT molecular complexity index is 1600. The molecule has 206 valence electrons. The van der Waals surface area contributed by atoms with Gasteiger partial charge in [-0.3, -0.25) is 0 Å². The van der Waals surface area contributed by atoms with E-state index in [4.69, 9.17) is 0 Å². The molecule has 41 heavy (non-hydrogen) atoms. The number of allylic oxidation sites excluding steroid dienone is 4. The minimum atomic E-state index is -2.70. The van der Waals surface area contributed by atoms with Gasteiger partial charge in [0.15, 0.2) is 0 Å². The number of hydrogen-bond donors (Lipinski definition) is 0. The Morgan fingerprint density at radius 3 is 1.49 bits per heavy atom. The van der Waals surface area contributed by atoms with Gasteiger partial charge >= 0.3 is 256 Å². The first-order chi connectivity index (χ1) is 19.5. The minimum absolute atomic E-state index is 0.102. The van der Waals surface area contributed by atoms with E-state index in [1.54, 1.807) is 17.6 Å². The summed E-state index contributed by atoms with van der Waals surface area (Å²) < 4.78 is 3.75. The van der Waals surface area contributed by atoms with E-state index in [0.29, 0.717) is 3.63 Å². The second-order valence-corrected chi connectivity index (χ2v) is 20.1. The molecule has 0 amide bonds. The summed E-state index contributed by atoms with van der Waals surface area (Å²) in [6.07, 6.45) is 6.10. The van der Waals surface area contributed by atoms with E-state index < -0.39 is 21.3 Å². The zero-order valence-corrected chi connectivity index (χ0v) is 28.1. The second-order valence-electron chi connectivity index (χ2n) is 13.9. The van der Waals surface area contributed by atoms with Crippen molar-refractivity contribution < 1.29 is 21.3 Å². The summed E-state index contributed by atoms with van der Waals surface area (Å²) in [7, 11) is 0. The van der Waals surface area contributed by atoms with Gasteiger partial charge in [-0.05, 0) is 0 Å². The van der Waals surface area contributed by atoms with Crippen LogP contribution in [0.15, 0.2) is 118 Å². The first-order valence-corrected chi connectivity index (χ1v) is 18.9. The van der Waals surface area contributed by atoms with Crippen LogP contribution in [-0.4, -0.2) is 3.21 Å². The van der Waals surface area contributed by atoms with E-state index in [1.807, 2.05) is 0 Å². The Morgan fingerprint density at radius 2 is 1.10 bits per heavy atom. The SMILES string of the molecule is CC1=CC[C]([Zr](=[C](c2ccccc2)c2ccccc2)[CH]2c3cc(C(C)(C)C)ccc3-c3ccc(C(C)(C)C)cc32)=C1. The fourth-order valence-corrected chi connectivity index (χ4v) is 15.7. The molecule has 0 atom stereocenters. The normalized spacial score (nSPS) is 14.8. The van der Waals surface area contributed by atoms with Crippen LogP contribution in [0.25, 0.3) is 11.1 Å². The van der Waals surface area contributed by atoms with Crippen LogP contribution in [0.5, 0.6) is 0 Å². The van der Waals surface area contributed by atoms with Crippen molar-refractivity contribution in [3.63, 3.8) is 0 Å². The summed E-state index contributed by atoms with van der Waals surface area (Å²) in [5, 5.41) is 0. The molecule has 2 aliphatic rings. The monoisotopic (exact) mass is 612 g/mol. The maximum atomic E-state index is 2.58. The first-order valence-electron chi connectivity index (χ1n) is 15.0. The summed E-state index contributed by atoms with van der Waals surface area (Å²) in [4.78, 5) is 0. The Labute approximate surface area is 255 Å². The van der Waals surface area contributed by atoms with Crippen LogP contribution in [0.2, 0.25) is 0 Å². The molecule has 0 heterocycles. The molecule has 0 saturated heterocycles. The van der Waals surface area contributed by atoms with Crippen molar-refractivity contribution in [1.29, 1.82) is 0 Å². The van der Waals surface area contributed by atoms with Gasteiger partial charge in [0.1, 0.15) is 0 Å². The Hall–Kier alpha value is -2.89. The van der Waals surface area contributed by atoms with E-state index in [2.05, 4.69) is 158 Å². The van der Waals surface area contributed by atoms with Gasteiger partial charge in [-0.25, -0.2) is 0 Å². The third-order valence-electron chi connectivity index (χ3n) is 8.82. The third kappa shape index (κ3) is 5.39. The van der Waals surface area contributed by atoms with Gasteiger partial charge < -0.3 is 0 Å². The van der Waals surface area contributed by atoms with Crippen molar-refractivity contribution in [2.75, 3.05) is 0 Å². The summed E-state index contributed by atoms with van der Waals surface area (Å²) in [5.41, 5.74) is 13.3. The molecule has 4 aromatic carbocycles. The molecule has 6 rings (SSSR count). The summed E-state index contributed by atoms with van der Waals surface area (Å²) in [5.74, 6) is 0. The van der Waals surface area contributed by atoms with E-state index in [9.17, 15) is 0 Å². The van der Waals surface area contributed by atoms with E-state index >= 15 is 0 Å². The van der Waals surface area contributed by atoms with Gasteiger partial charge in [0, 0.05) is 0 Å². The molecule has 0 unspecified atom stereocenters. The van der Waals surface area contributed by atoms with Crippen molar-refractivity contribution >= 4 is 3.21 Å². The van der Waals surface area contributed by atoms with Gasteiger partial charge in [0.2, 0.25) is 0 Å². The molecule has 0 N–H and O–H groups in total. The van der Waals surface area contributed by atoms with Crippen LogP contribution in [0.1, 0.15) is 91.9 Å². The molecule has 2 aliphatic carbocycles. The summed E-state index contributed by atoms with van der Waals surface area (Å²) in [6.45, 7) is 16.4. The zero-order valence-electron chi connectivity index (χ0n) is 25.7. The third-order valence-corrected chi connectivity index (χ3v) is 17.1. The molecular formula is C40H42Zr. The summed E-state index contributed by atoms with van der Waals surface area (Å²) in [6, 6.07) is 37.4. The molecule has 0 aromatic heterocycles. The van der Waals surface area contributed by atoms with Gasteiger partial charge in [-0.15, -0.1) is 0 Å². The van der Waals surface area contributed by atoms with Crippen LogP contribution in [0, 0.1) is 0 Å². The van der Waals surface area contributed by atoms with Crippen LogP contribution in [0.3, 0.4) is 0 Å². The van der Waals surface area contributed by atoms with Crippen LogP contribution < -0.4 is 0 Å². The molecule has 0 bridgehead atoms. The number of benzene rings is 4. The van der Waals surface area contributed by atoms with Crippen molar-refractivity contribution in [1.82, 2.24) is 0 Å². The number of fused-ring (bicyclic) bond motifs is 3. The maximum absolute atomic E-state index is 2.70. The molecule has 0 aliphatic heterocycles. The fraction of sp³-hybridized carbons (Fsp3) is 0.275. The van der Waals surface area contributed by atoms with Crippen LogP contribution in [0.4, 0.5) is 0 Å². The second kappa shape index (κ2) is 10.7. The predicted octanol–water partition coefficient (Wildman–Crippen LogP) is 10.5. The van der Waals surface area contributed by atoms with Crippen LogP contribution in [-0.2, 0) is 32.1 Å². The van der Waals surface area contributed by atoms with Gasteiger partial charge in [-0.2, -0.15) is 0 Å². The molecule has 0 spiro atoms. The van der Waals surface area contributed by atoms with Gasteiger partial charge in [0.25, 0.3) is 0 Å². The Kier molecular flexibility index (Phi) is 7.40. The Balaban J connectivity index is 1.75. The number of rotatable bonds is 4. The van der Waals surface area contributed by atoms with Gasteiger partial charge in [-0.1, -0.05) is 0 Å². The number of hydrogen-bond acceptors (Lipinski definition) is 0. The average Bonchev–Trinajstić information content (AvgIpc) is 3.52. The molecule has 0 radical (unpaired) electrons. The molecule has 4 aromatic rings. The molecule has 0 nitrogen and oxygen atoms in total. The molecule has 0 fully saturated rings. The standard InChI is InChI=1S/C21H25.C13H10.C6H7.Zr/c1-20(2,3)16-7-9-18-14(12-16)11-15-13-17(21(4,5)6)8-10-19(15)18;1-3-7-12(8-4-1)11-13-9-5-2-6-10-13;1-6-4-2-3-5-6;/h7-13H,1-6H3;1-10H;4-5H,2H2,1H3;. The zero-order chi connectivity index (χ0) is 28.9. The molecule has 0 saturated carbocycles. The first kappa shape index (κ1) is 28.2. The topological polar surface area (TPSA) is 0 Å². The van der Waals surface area contributed by atoms with E-state index in [0.717, 1.165) is 6.42 Å². The molecular weight excluding hydrogens is 572 g/mol. The van der Waals surface area contributed by atoms with Gasteiger partial charge in [0.05, 0.1) is 0 Å². The quantitative estimate of drug-likeness (QED) is 0.215. The van der Waals surface area contributed by atoms with Crippen LogP contribution >= 0.6 is 0 Å². The van der Waals surface area contributed by atoms with Crippen molar-refractivity contribution in [2.24, 2.45) is 0 Å². The summed E-state index contributed by atoms with van der Waals surface area (Å²) >= 11 is -2.70. The van der Waals surface area contributed by atoms with Crippen molar-refractivity contribution in [2.45, 2.75) is 69.3 Å². The average molecular weight is 614 g/mol. The van der Waals surface area contributed by atoms with E-state index in [1.165, 1.54) is 39.0 Å². The molecule has 1 heteroatoms. The van der Waals surface area contributed by atoms with Crippen molar-refractivity contribution in [3.8, 4) is 11.1 Å². The fourth-order valence-electron chi connectivity index (χ4n) is 6.53. The van der Waals surface area contributed by atoms with E-state index in [-0.39, 0.29) is 10.8 Å². The van der Waals surface area contributed by atoms with Crippen molar-refractivity contribution in [3.05, 3.63) is 151 Å². The predicted molar refractivity (Wildman–Crippen MR) is 174 cm³/mol.